The molecule has 2 aromatic carbocycles. The molecule has 0 fully saturated rings. The fraction of sp³-hybridized carbons (Fsp3) is 0.0909. The first-order valence-corrected chi connectivity index (χ1v) is 9.37. The SMILES string of the molecule is CCOC(=O)/C=C/C(=O)Nc1ccc2ncnc(Nc3ccc4[nH]ccc4c3)c2c1. The minimum atomic E-state index is -0.564. The summed E-state index contributed by atoms with van der Waals surface area (Å²) in [4.78, 5) is 35.2. The van der Waals surface area contributed by atoms with Crippen molar-refractivity contribution in [1.82, 2.24) is 15.0 Å². The van der Waals surface area contributed by atoms with Gasteiger partial charge in [-0.05, 0) is 49.4 Å². The molecule has 0 aliphatic carbocycles. The zero-order chi connectivity index (χ0) is 20.9. The monoisotopic (exact) mass is 401 g/mol. The number of hydrogen-bond donors (Lipinski definition) is 3. The van der Waals surface area contributed by atoms with E-state index in [9.17, 15) is 9.59 Å². The summed E-state index contributed by atoms with van der Waals surface area (Å²) < 4.78 is 4.76. The Labute approximate surface area is 172 Å². The highest BCUT2D eigenvalue weighted by molar-refractivity contribution is 6.04. The third kappa shape index (κ3) is 4.27. The Morgan fingerprint density at radius 3 is 2.80 bits per heavy atom. The summed E-state index contributed by atoms with van der Waals surface area (Å²) in [7, 11) is 0. The molecule has 150 valence electrons. The normalized spacial score (nSPS) is 11.1. The van der Waals surface area contributed by atoms with Crippen molar-refractivity contribution >= 4 is 50.9 Å². The lowest BCUT2D eigenvalue weighted by Crippen LogP contribution is -2.09. The number of fused-ring (bicyclic) bond motifs is 2. The Morgan fingerprint density at radius 2 is 1.93 bits per heavy atom. The second-order valence-electron chi connectivity index (χ2n) is 6.43. The van der Waals surface area contributed by atoms with Gasteiger partial charge in [-0.25, -0.2) is 14.8 Å². The van der Waals surface area contributed by atoms with Gasteiger partial charge in [-0.1, -0.05) is 0 Å². The van der Waals surface area contributed by atoms with Crippen LogP contribution in [0.1, 0.15) is 6.92 Å². The second kappa shape index (κ2) is 8.44. The van der Waals surface area contributed by atoms with E-state index in [1.54, 1.807) is 25.1 Å². The van der Waals surface area contributed by atoms with Crippen molar-refractivity contribution in [3.63, 3.8) is 0 Å². The number of anilines is 3. The number of rotatable bonds is 6. The van der Waals surface area contributed by atoms with E-state index in [-0.39, 0.29) is 6.61 Å². The van der Waals surface area contributed by atoms with Crippen molar-refractivity contribution in [2.24, 2.45) is 0 Å². The van der Waals surface area contributed by atoms with Crippen LogP contribution in [0, 0.1) is 0 Å². The van der Waals surface area contributed by atoms with E-state index in [2.05, 4.69) is 25.6 Å². The Morgan fingerprint density at radius 1 is 1.07 bits per heavy atom. The van der Waals surface area contributed by atoms with Gasteiger partial charge in [0.05, 0.1) is 12.1 Å². The Kier molecular flexibility index (Phi) is 5.38. The quantitative estimate of drug-likeness (QED) is 0.334. The Bertz CT molecular complexity index is 1260. The highest BCUT2D eigenvalue weighted by atomic mass is 16.5. The van der Waals surface area contributed by atoms with Gasteiger partial charge >= 0.3 is 5.97 Å². The van der Waals surface area contributed by atoms with Gasteiger partial charge in [-0.15, -0.1) is 0 Å². The highest BCUT2D eigenvalue weighted by Crippen LogP contribution is 2.27. The van der Waals surface area contributed by atoms with Gasteiger partial charge < -0.3 is 20.4 Å². The van der Waals surface area contributed by atoms with Crippen molar-refractivity contribution < 1.29 is 14.3 Å². The summed E-state index contributed by atoms with van der Waals surface area (Å²) in [6.07, 6.45) is 5.60. The predicted octanol–water partition coefficient (Wildman–Crippen LogP) is 3.91. The molecule has 2 heterocycles. The fourth-order valence-electron chi connectivity index (χ4n) is 3.02. The van der Waals surface area contributed by atoms with E-state index in [4.69, 9.17) is 4.74 Å². The van der Waals surface area contributed by atoms with Gasteiger partial charge in [-0.3, -0.25) is 4.79 Å². The first-order chi connectivity index (χ1) is 14.6. The molecule has 0 unspecified atom stereocenters. The lowest BCUT2D eigenvalue weighted by Gasteiger charge is -2.10. The molecular weight excluding hydrogens is 382 g/mol. The Balaban J connectivity index is 1.57. The summed E-state index contributed by atoms with van der Waals surface area (Å²) in [6.45, 7) is 1.95. The summed E-state index contributed by atoms with van der Waals surface area (Å²) in [6, 6.07) is 13.3. The van der Waals surface area contributed by atoms with Crippen LogP contribution in [0.15, 0.2) is 67.1 Å². The molecule has 8 nitrogen and oxygen atoms in total. The number of hydrogen-bond acceptors (Lipinski definition) is 6. The summed E-state index contributed by atoms with van der Waals surface area (Å²) >= 11 is 0. The molecule has 0 atom stereocenters. The molecule has 3 N–H and O–H groups in total. The predicted molar refractivity (Wildman–Crippen MR) is 116 cm³/mol. The maximum Gasteiger partial charge on any atom is 0.330 e. The van der Waals surface area contributed by atoms with Gasteiger partial charge in [0.2, 0.25) is 5.91 Å². The molecule has 2 aromatic heterocycles. The van der Waals surface area contributed by atoms with Crippen molar-refractivity contribution in [2.45, 2.75) is 6.92 Å². The van der Waals surface area contributed by atoms with Crippen LogP contribution in [-0.2, 0) is 14.3 Å². The molecule has 0 aliphatic heterocycles. The molecule has 30 heavy (non-hydrogen) atoms. The number of aromatic amines is 1. The van der Waals surface area contributed by atoms with Gasteiger partial charge in [0.25, 0.3) is 0 Å². The standard InChI is InChI=1S/C22H19N5O3/c1-2-30-21(29)8-7-20(28)26-16-4-6-19-17(12-16)22(25-13-24-19)27-15-3-5-18-14(11-15)9-10-23-18/h3-13,23H,2H2,1H3,(H,26,28)(H,24,25,27)/b8-7+. The number of H-pyrrole nitrogens is 1. The number of nitrogens with one attached hydrogen (secondary N) is 3. The summed E-state index contributed by atoms with van der Waals surface area (Å²) in [5, 5.41) is 7.86. The third-order valence-corrected chi connectivity index (χ3v) is 4.38. The lowest BCUT2D eigenvalue weighted by atomic mass is 10.2. The van der Waals surface area contributed by atoms with E-state index in [0.29, 0.717) is 11.5 Å². The van der Waals surface area contributed by atoms with E-state index >= 15 is 0 Å². The average Bonchev–Trinajstić information content (AvgIpc) is 3.21. The first-order valence-electron chi connectivity index (χ1n) is 9.37. The molecule has 4 rings (SSSR count). The third-order valence-electron chi connectivity index (χ3n) is 4.38. The molecule has 4 aromatic rings. The van der Waals surface area contributed by atoms with E-state index in [0.717, 1.165) is 39.6 Å². The van der Waals surface area contributed by atoms with E-state index in [1.165, 1.54) is 6.33 Å². The zero-order valence-corrected chi connectivity index (χ0v) is 16.2. The maximum atomic E-state index is 12.1. The fourth-order valence-corrected chi connectivity index (χ4v) is 3.02. The zero-order valence-electron chi connectivity index (χ0n) is 16.2. The molecule has 0 saturated carbocycles. The van der Waals surface area contributed by atoms with Crippen LogP contribution in [0.2, 0.25) is 0 Å². The average molecular weight is 401 g/mol. The van der Waals surface area contributed by atoms with Gasteiger partial charge in [0, 0.05) is 46.0 Å². The number of carbonyl (C=O) groups is 2. The van der Waals surface area contributed by atoms with Crippen LogP contribution in [0.3, 0.4) is 0 Å². The van der Waals surface area contributed by atoms with Crippen molar-refractivity contribution in [3.05, 3.63) is 67.1 Å². The molecule has 1 amide bonds. The van der Waals surface area contributed by atoms with Crippen molar-refractivity contribution in [1.29, 1.82) is 0 Å². The Hall–Kier alpha value is -4.20. The maximum absolute atomic E-state index is 12.1. The summed E-state index contributed by atoms with van der Waals surface area (Å²) in [5.74, 6) is -0.384. The molecule has 0 aliphatic rings. The highest BCUT2D eigenvalue weighted by Gasteiger charge is 2.08. The molecule has 8 heteroatoms. The smallest absolute Gasteiger partial charge is 0.330 e. The van der Waals surface area contributed by atoms with Crippen LogP contribution >= 0.6 is 0 Å². The first kappa shape index (κ1) is 19.1. The second-order valence-corrected chi connectivity index (χ2v) is 6.43. The topological polar surface area (TPSA) is 109 Å². The number of nitrogens with zero attached hydrogens (tertiary/aromatic N) is 2. The largest absolute Gasteiger partial charge is 0.463 e. The summed E-state index contributed by atoms with van der Waals surface area (Å²) in [5.41, 5.74) is 3.22. The van der Waals surface area contributed by atoms with Crippen molar-refractivity contribution in [2.75, 3.05) is 17.2 Å². The van der Waals surface area contributed by atoms with Crippen LogP contribution in [0.5, 0.6) is 0 Å². The number of carbonyl (C=O) groups excluding carboxylic acids is 2. The van der Waals surface area contributed by atoms with Gasteiger partial charge in [-0.2, -0.15) is 0 Å². The van der Waals surface area contributed by atoms with Crippen LogP contribution in [0.25, 0.3) is 21.8 Å². The van der Waals surface area contributed by atoms with E-state index < -0.39 is 11.9 Å². The lowest BCUT2D eigenvalue weighted by molar-refractivity contribution is -0.137. The van der Waals surface area contributed by atoms with Gasteiger partial charge in [0.15, 0.2) is 0 Å². The number of ether oxygens (including phenoxy) is 1. The molecule has 0 saturated heterocycles. The molecule has 0 radical (unpaired) electrons. The molecule has 0 bridgehead atoms. The van der Waals surface area contributed by atoms with Crippen molar-refractivity contribution in [3.8, 4) is 0 Å². The molecular formula is C22H19N5O3. The number of amides is 1. The minimum absolute atomic E-state index is 0.252. The van der Waals surface area contributed by atoms with Crippen LogP contribution in [-0.4, -0.2) is 33.4 Å². The number of benzene rings is 2. The minimum Gasteiger partial charge on any atom is -0.463 e. The number of aromatic nitrogens is 3. The van der Waals surface area contributed by atoms with E-state index in [1.807, 2.05) is 30.5 Å². The molecule has 0 spiro atoms. The van der Waals surface area contributed by atoms with Gasteiger partial charge in [0.1, 0.15) is 12.1 Å². The van der Waals surface area contributed by atoms with Crippen LogP contribution in [0.4, 0.5) is 17.2 Å². The van der Waals surface area contributed by atoms with Crippen LogP contribution < -0.4 is 10.6 Å². The number of esters is 1.